The lowest BCUT2D eigenvalue weighted by molar-refractivity contribution is 0.0649. The van der Waals surface area contributed by atoms with Crippen LogP contribution in [0.5, 0.6) is 0 Å². The van der Waals surface area contributed by atoms with E-state index in [9.17, 15) is 0 Å². The molecule has 2 aliphatic rings. The maximum absolute atomic E-state index is 4.84. The van der Waals surface area contributed by atoms with Gasteiger partial charge in [-0.1, -0.05) is 6.42 Å². The zero-order valence-electron chi connectivity index (χ0n) is 16.4. The first-order valence-corrected chi connectivity index (χ1v) is 10.4. The third-order valence-electron chi connectivity index (χ3n) is 6.27. The molecule has 5 rings (SSSR count). The number of nitrogens with one attached hydrogen (secondary N) is 1. The molecule has 2 saturated heterocycles. The molecule has 2 fully saturated rings. The van der Waals surface area contributed by atoms with Gasteiger partial charge in [-0.2, -0.15) is 5.10 Å². The third-order valence-corrected chi connectivity index (χ3v) is 6.27. The number of aromatic nitrogens is 5. The summed E-state index contributed by atoms with van der Waals surface area (Å²) < 4.78 is 1.81. The molecule has 3 aromatic rings. The van der Waals surface area contributed by atoms with Crippen LogP contribution in [0, 0.1) is 5.92 Å². The first kappa shape index (κ1) is 17.6. The number of nitrogens with zero attached hydrogens (tertiary/aromatic N) is 6. The second-order valence-corrected chi connectivity index (χ2v) is 8.03. The van der Waals surface area contributed by atoms with Crippen molar-refractivity contribution >= 4 is 16.9 Å². The highest BCUT2D eigenvalue weighted by Gasteiger charge is 2.32. The van der Waals surface area contributed by atoms with Gasteiger partial charge >= 0.3 is 0 Å². The molecule has 146 valence electrons. The summed E-state index contributed by atoms with van der Waals surface area (Å²) in [5.41, 5.74) is 1.77. The lowest BCUT2D eigenvalue weighted by Crippen LogP contribution is -2.49. The molecule has 28 heavy (non-hydrogen) atoms. The predicted octanol–water partition coefficient (Wildman–Crippen LogP) is 3.10. The summed E-state index contributed by atoms with van der Waals surface area (Å²) >= 11 is 0. The molecule has 7 nitrogen and oxygen atoms in total. The number of pyridine rings is 1. The van der Waals surface area contributed by atoms with E-state index in [4.69, 9.17) is 9.97 Å². The van der Waals surface area contributed by atoms with Gasteiger partial charge in [-0.3, -0.25) is 9.67 Å². The first-order valence-electron chi connectivity index (χ1n) is 10.4. The summed E-state index contributed by atoms with van der Waals surface area (Å²) in [4.78, 5) is 16.5. The van der Waals surface area contributed by atoms with Gasteiger partial charge in [0.2, 0.25) is 0 Å². The van der Waals surface area contributed by atoms with Crippen LogP contribution in [0.25, 0.3) is 22.4 Å². The monoisotopic (exact) mass is 377 g/mol. The van der Waals surface area contributed by atoms with Crippen LogP contribution in [-0.2, 0) is 7.05 Å². The van der Waals surface area contributed by atoms with E-state index in [0.717, 1.165) is 35.0 Å². The third kappa shape index (κ3) is 3.24. The van der Waals surface area contributed by atoms with Crippen LogP contribution in [0.2, 0.25) is 0 Å². The van der Waals surface area contributed by atoms with E-state index < -0.39 is 0 Å². The number of hydrogen-bond acceptors (Lipinski definition) is 6. The van der Waals surface area contributed by atoms with E-state index in [2.05, 4.69) is 20.3 Å². The van der Waals surface area contributed by atoms with Crippen molar-refractivity contribution in [2.24, 2.45) is 13.0 Å². The quantitative estimate of drug-likeness (QED) is 0.753. The fourth-order valence-electron chi connectivity index (χ4n) is 4.82. The molecule has 0 spiro atoms. The Morgan fingerprint density at radius 2 is 2.04 bits per heavy atom. The lowest BCUT2D eigenvalue weighted by Gasteiger charge is -2.44. The molecule has 7 heteroatoms. The molecule has 1 N–H and O–H groups in total. The minimum Gasteiger partial charge on any atom is -0.369 e. The maximum Gasteiger partial charge on any atom is 0.165 e. The van der Waals surface area contributed by atoms with E-state index in [1.54, 1.807) is 6.20 Å². The fraction of sp³-hybridized carbons (Fsp3) is 0.524. The molecule has 2 atom stereocenters. The molecular formula is C21H27N7. The minimum absolute atomic E-state index is 0.678. The zero-order chi connectivity index (χ0) is 18.9. The topological polar surface area (TPSA) is 71.8 Å². The standard InChI is InChI=1S/C21H27N7/c1-27-21-17(14-24-27)20(25-19(26-21)16-6-4-9-22-12-16)23-13-15-7-5-11-28-10-3-2-8-18(15)28/h4,6,9,12,14-15,18H,2-3,5,7-8,10-11,13H2,1H3,(H,23,25,26)/t15-,18+/m0/s1. The number of hydrogen-bond donors (Lipinski definition) is 1. The number of piperidine rings is 2. The summed E-state index contributed by atoms with van der Waals surface area (Å²) in [5.74, 6) is 2.25. The Morgan fingerprint density at radius 1 is 1.11 bits per heavy atom. The Morgan fingerprint density at radius 3 is 2.93 bits per heavy atom. The van der Waals surface area contributed by atoms with Crippen molar-refractivity contribution in [3.05, 3.63) is 30.7 Å². The van der Waals surface area contributed by atoms with Crippen molar-refractivity contribution in [3.63, 3.8) is 0 Å². The van der Waals surface area contributed by atoms with Gasteiger partial charge in [-0.05, 0) is 56.8 Å². The Balaban J connectivity index is 1.43. The van der Waals surface area contributed by atoms with Gasteiger partial charge < -0.3 is 10.2 Å². The molecule has 5 heterocycles. The van der Waals surface area contributed by atoms with Gasteiger partial charge in [0.05, 0.1) is 11.6 Å². The Labute approximate surface area is 165 Å². The number of fused-ring (bicyclic) bond motifs is 2. The van der Waals surface area contributed by atoms with Crippen molar-refractivity contribution < 1.29 is 0 Å². The second-order valence-electron chi connectivity index (χ2n) is 8.03. The Bertz CT molecular complexity index is 950. The number of aryl methyl sites for hydroxylation is 1. The molecule has 2 aliphatic heterocycles. The van der Waals surface area contributed by atoms with Gasteiger partial charge in [0.1, 0.15) is 5.82 Å². The van der Waals surface area contributed by atoms with Crippen LogP contribution in [0.15, 0.2) is 30.7 Å². The molecule has 0 radical (unpaired) electrons. The second kappa shape index (κ2) is 7.47. The van der Waals surface area contributed by atoms with Crippen molar-refractivity contribution in [3.8, 4) is 11.4 Å². The van der Waals surface area contributed by atoms with Gasteiger partial charge in [-0.25, -0.2) is 9.97 Å². The Kier molecular flexibility index (Phi) is 4.68. The molecule has 0 aromatic carbocycles. The lowest BCUT2D eigenvalue weighted by atomic mass is 9.83. The van der Waals surface area contributed by atoms with E-state index in [0.29, 0.717) is 11.7 Å². The smallest absolute Gasteiger partial charge is 0.165 e. The highest BCUT2D eigenvalue weighted by Crippen LogP contribution is 2.32. The normalized spacial score (nSPS) is 22.9. The van der Waals surface area contributed by atoms with Gasteiger partial charge in [0.25, 0.3) is 0 Å². The highest BCUT2D eigenvalue weighted by molar-refractivity contribution is 5.88. The molecule has 0 unspecified atom stereocenters. The summed E-state index contributed by atoms with van der Waals surface area (Å²) in [7, 11) is 1.92. The van der Waals surface area contributed by atoms with E-state index in [1.165, 1.54) is 45.2 Å². The summed E-state index contributed by atoms with van der Waals surface area (Å²) in [6.07, 6.45) is 12.1. The predicted molar refractivity (Wildman–Crippen MR) is 110 cm³/mol. The van der Waals surface area contributed by atoms with Crippen molar-refractivity contribution in [2.45, 2.75) is 38.1 Å². The summed E-state index contributed by atoms with van der Waals surface area (Å²) in [6.45, 7) is 3.49. The van der Waals surface area contributed by atoms with Gasteiger partial charge in [-0.15, -0.1) is 0 Å². The van der Waals surface area contributed by atoms with E-state index >= 15 is 0 Å². The van der Waals surface area contributed by atoms with Crippen LogP contribution in [0.4, 0.5) is 5.82 Å². The van der Waals surface area contributed by atoms with Crippen LogP contribution >= 0.6 is 0 Å². The van der Waals surface area contributed by atoms with Crippen molar-refractivity contribution in [1.82, 2.24) is 29.6 Å². The zero-order valence-corrected chi connectivity index (χ0v) is 16.4. The SMILES string of the molecule is Cn1ncc2c(NC[C@@H]3CCCN4CCCC[C@H]34)nc(-c3cccnc3)nc21. The fourth-order valence-corrected chi connectivity index (χ4v) is 4.82. The van der Waals surface area contributed by atoms with Crippen LogP contribution in [0.1, 0.15) is 32.1 Å². The van der Waals surface area contributed by atoms with Crippen LogP contribution in [0.3, 0.4) is 0 Å². The molecule has 0 amide bonds. The van der Waals surface area contributed by atoms with Gasteiger partial charge in [0, 0.05) is 37.6 Å². The number of anilines is 1. The highest BCUT2D eigenvalue weighted by atomic mass is 15.3. The maximum atomic E-state index is 4.84. The average Bonchev–Trinajstić information content (AvgIpc) is 3.13. The summed E-state index contributed by atoms with van der Waals surface area (Å²) in [5, 5.41) is 9.04. The minimum atomic E-state index is 0.678. The molecular weight excluding hydrogens is 350 g/mol. The summed E-state index contributed by atoms with van der Waals surface area (Å²) in [6, 6.07) is 4.63. The largest absolute Gasteiger partial charge is 0.369 e. The van der Waals surface area contributed by atoms with Crippen molar-refractivity contribution in [2.75, 3.05) is 25.0 Å². The average molecular weight is 377 g/mol. The van der Waals surface area contributed by atoms with Crippen LogP contribution < -0.4 is 5.32 Å². The van der Waals surface area contributed by atoms with E-state index in [1.807, 2.05) is 36.3 Å². The molecule has 0 aliphatic carbocycles. The molecule has 0 saturated carbocycles. The first-order chi connectivity index (χ1) is 13.8. The Hall–Kier alpha value is -2.54. The molecule has 0 bridgehead atoms. The molecule has 3 aromatic heterocycles. The van der Waals surface area contributed by atoms with Crippen molar-refractivity contribution in [1.29, 1.82) is 0 Å². The van der Waals surface area contributed by atoms with Gasteiger partial charge in [0.15, 0.2) is 11.5 Å². The number of rotatable bonds is 4. The van der Waals surface area contributed by atoms with E-state index in [-0.39, 0.29) is 0 Å². The van der Waals surface area contributed by atoms with Crippen LogP contribution in [-0.4, -0.2) is 55.3 Å².